The van der Waals surface area contributed by atoms with Crippen LogP contribution >= 0.6 is 0 Å². The first-order valence-corrected chi connectivity index (χ1v) is 5.00. The summed E-state index contributed by atoms with van der Waals surface area (Å²) >= 11 is 0. The topological polar surface area (TPSA) is 104 Å². The Labute approximate surface area is 88.2 Å². The van der Waals surface area contributed by atoms with Crippen molar-refractivity contribution >= 4 is 11.8 Å². The molecule has 0 unspecified atom stereocenters. The summed E-state index contributed by atoms with van der Waals surface area (Å²) in [5.74, 6) is -0.651. The second-order valence-electron chi connectivity index (χ2n) is 3.82. The minimum atomic E-state index is -0.454. The lowest BCUT2D eigenvalue weighted by Gasteiger charge is -2.40. The summed E-state index contributed by atoms with van der Waals surface area (Å²) in [5, 5.41) is 14.2. The Bertz CT molecular complexity index is 245. The van der Waals surface area contributed by atoms with Crippen molar-refractivity contribution in [1.29, 1.82) is 0 Å². The Morgan fingerprint density at radius 3 is 2.40 bits per heavy atom. The molecule has 0 aromatic heterocycles. The van der Waals surface area contributed by atoms with Crippen LogP contribution in [0.2, 0.25) is 0 Å². The lowest BCUT2D eigenvalue weighted by molar-refractivity contribution is -0.127. The van der Waals surface area contributed by atoms with Gasteiger partial charge in [-0.15, -0.1) is 0 Å². The fourth-order valence-electron chi connectivity index (χ4n) is 1.52. The number of aliphatic hydroxyl groups excluding tert-OH is 1. The normalized spacial score (nSPS) is 17.7. The van der Waals surface area contributed by atoms with E-state index in [9.17, 15) is 9.59 Å². The molecule has 86 valence electrons. The van der Waals surface area contributed by atoms with E-state index < -0.39 is 5.54 Å². The first-order valence-electron chi connectivity index (χ1n) is 5.00. The molecule has 0 aliphatic heterocycles. The molecular formula is C9H17N3O3. The molecule has 1 saturated carbocycles. The molecule has 0 heterocycles. The predicted molar refractivity (Wildman–Crippen MR) is 53.9 cm³/mol. The molecular weight excluding hydrogens is 198 g/mol. The first-order chi connectivity index (χ1) is 7.12. The van der Waals surface area contributed by atoms with Gasteiger partial charge in [-0.05, 0) is 19.3 Å². The molecule has 0 aromatic carbocycles. The SMILES string of the molecule is NCC(=O)NCC(=O)NC1(CO)CCC1. The van der Waals surface area contributed by atoms with Gasteiger partial charge in [-0.25, -0.2) is 0 Å². The van der Waals surface area contributed by atoms with Gasteiger partial charge in [-0.3, -0.25) is 9.59 Å². The maximum absolute atomic E-state index is 11.4. The predicted octanol–water partition coefficient (Wildman–Crippen LogP) is -1.91. The van der Waals surface area contributed by atoms with Crippen LogP contribution in [0.3, 0.4) is 0 Å². The van der Waals surface area contributed by atoms with Crippen LogP contribution in [0.15, 0.2) is 0 Å². The molecule has 1 rings (SSSR count). The van der Waals surface area contributed by atoms with Gasteiger partial charge in [-0.2, -0.15) is 0 Å². The van der Waals surface area contributed by atoms with Crippen LogP contribution in [0.1, 0.15) is 19.3 Å². The van der Waals surface area contributed by atoms with E-state index in [-0.39, 0.29) is 31.5 Å². The highest BCUT2D eigenvalue weighted by Gasteiger charge is 2.37. The summed E-state index contributed by atoms with van der Waals surface area (Å²) in [6.07, 6.45) is 2.59. The van der Waals surface area contributed by atoms with E-state index in [2.05, 4.69) is 10.6 Å². The summed E-state index contributed by atoms with van der Waals surface area (Å²) in [6, 6.07) is 0. The van der Waals surface area contributed by atoms with Gasteiger partial charge in [0.15, 0.2) is 0 Å². The molecule has 0 saturated heterocycles. The number of nitrogens with two attached hydrogens (primary N) is 1. The lowest BCUT2D eigenvalue weighted by atomic mass is 9.77. The van der Waals surface area contributed by atoms with E-state index in [4.69, 9.17) is 10.8 Å². The van der Waals surface area contributed by atoms with Crippen LogP contribution in [0.5, 0.6) is 0 Å². The van der Waals surface area contributed by atoms with E-state index in [0.29, 0.717) is 0 Å². The molecule has 0 radical (unpaired) electrons. The van der Waals surface area contributed by atoms with Crippen molar-refractivity contribution in [2.45, 2.75) is 24.8 Å². The van der Waals surface area contributed by atoms with Crippen LogP contribution < -0.4 is 16.4 Å². The van der Waals surface area contributed by atoms with Crippen molar-refractivity contribution in [3.8, 4) is 0 Å². The summed E-state index contributed by atoms with van der Waals surface area (Å²) in [5.41, 5.74) is 4.61. The quantitative estimate of drug-likeness (QED) is 0.429. The molecule has 5 N–H and O–H groups in total. The van der Waals surface area contributed by atoms with E-state index in [1.165, 1.54) is 0 Å². The van der Waals surface area contributed by atoms with Gasteiger partial charge in [0.1, 0.15) is 0 Å². The average molecular weight is 215 g/mol. The highest BCUT2D eigenvalue weighted by molar-refractivity contribution is 5.85. The number of hydrogen-bond acceptors (Lipinski definition) is 4. The van der Waals surface area contributed by atoms with Gasteiger partial charge in [-0.1, -0.05) is 0 Å². The zero-order valence-electron chi connectivity index (χ0n) is 8.58. The Morgan fingerprint density at radius 2 is 2.00 bits per heavy atom. The van der Waals surface area contributed by atoms with Gasteiger partial charge >= 0.3 is 0 Å². The molecule has 2 amide bonds. The second-order valence-corrected chi connectivity index (χ2v) is 3.82. The fraction of sp³-hybridized carbons (Fsp3) is 0.778. The molecule has 0 atom stereocenters. The number of hydrogen-bond donors (Lipinski definition) is 4. The Kier molecular flexibility index (Phi) is 4.05. The molecule has 1 fully saturated rings. The van der Waals surface area contributed by atoms with E-state index >= 15 is 0 Å². The molecule has 6 heteroatoms. The Morgan fingerprint density at radius 1 is 1.33 bits per heavy atom. The monoisotopic (exact) mass is 215 g/mol. The van der Waals surface area contributed by atoms with Crippen molar-refractivity contribution in [1.82, 2.24) is 10.6 Å². The van der Waals surface area contributed by atoms with Crippen molar-refractivity contribution in [2.24, 2.45) is 5.73 Å². The van der Waals surface area contributed by atoms with Crippen molar-refractivity contribution in [3.05, 3.63) is 0 Å². The Hall–Kier alpha value is -1.14. The van der Waals surface area contributed by atoms with Crippen LogP contribution in [-0.4, -0.2) is 42.2 Å². The van der Waals surface area contributed by atoms with Gasteiger partial charge < -0.3 is 21.5 Å². The van der Waals surface area contributed by atoms with E-state index in [1.54, 1.807) is 0 Å². The zero-order valence-corrected chi connectivity index (χ0v) is 8.58. The fourth-order valence-corrected chi connectivity index (χ4v) is 1.52. The molecule has 0 bridgehead atoms. The maximum atomic E-state index is 11.4. The van der Waals surface area contributed by atoms with Crippen LogP contribution in [0.4, 0.5) is 0 Å². The van der Waals surface area contributed by atoms with Crippen molar-refractivity contribution < 1.29 is 14.7 Å². The van der Waals surface area contributed by atoms with Gasteiger partial charge in [0, 0.05) is 0 Å². The second kappa shape index (κ2) is 5.09. The van der Waals surface area contributed by atoms with Crippen LogP contribution in [0, 0.1) is 0 Å². The molecule has 1 aliphatic carbocycles. The number of amides is 2. The van der Waals surface area contributed by atoms with E-state index in [1.807, 2.05) is 0 Å². The lowest BCUT2D eigenvalue weighted by Crippen LogP contribution is -2.58. The van der Waals surface area contributed by atoms with Crippen LogP contribution in [-0.2, 0) is 9.59 Å². The largest absolute Gasteiger partial charge is 0.394 e. The van der Waals surface area contributed by atoms with E-state index in [0.717, 1.165) is 19.3 Å². The first kappa shape index (κ1) is 11.9. The molecule has 0 aromatic rings. The summed E-state index contributed by atoms with van der Waals surface area (Å²) in [6.45, 7) is -0.264. The standard InChI is InChI=1S/C9H17N3O3/c10-4-7(14)11-5-8(15)12-9(6-13)2-1-3-9/h13H,1-6,10H2,(H,11,14)(H,12,15). The number of aliphatic hydroxyl groups is 1. The number of carbonyl (C=O) groups is 2. The van der Waals surface area contributed by atoms with Crippen molar-refractivity contribution in [2.75, 3.05) is 19.7 Å². The minimum Gasteiger partial charge on any atom is -0.394 e. The average Bonchev–Trinajstić information content (AvgIpc) is 2.20. The number of nitrogens with one attached hydrogen (secondary N) is 2. The van der Waals surface area contributed by atoms with Gasteiger partial charge in [0.25, 0.3) is 0 Å². The number of carbonyl (C=O) groups excluding carboxylic acids is 2. The van der Waals surface area contributed by atoms with Crippen molar-refractivity contribution in [3.63, 3.8) is 0 Å². The Balaban J connectivity index is 2.26. The van der Waals surface area contributed by atoms with Crippen LogP contribution in [0.25, 0.3) is 0 Å². The third kappa shape index (κ3) is 3.17. The van der Waals surface area contributed by atoms with Gasteiger partial charge in [0.2, 0.25) is 11.8 Å². The maximum Gasteiger partial charge on any atom is 0.239 e. The summed E-state index contributed by atoms with van der Waals surface area (Å²) in [7, 11) is 0. The zero-order chi connectivity index (χ0) is 11.3. The number of rotatable bonds is 5. The minimum absolute atomic E-state index is 0.0520. The summed E-state index contributed by atoms with van der Waals surface area (Å²) < 4.78 is 0. The molecule has 1 aliphatic rings. The third-order valence-corrected chi connectivity index (χ3v) is 2.65. The smallest absolute Gasteiger partial charge is 0.239 e. The molecule has 6 nitrogen and oxygen atoms in total. The summed E-state index contributed by atoms with van der Waals surface area (Å²) in [4.78, 5) is 22.1. The highest BCUT2D eigenvalue weighted by Crippen LogP contribution is 2.30. The van der Waals surface area contributed by atoms with Gasteiger partial charge in [0.05, 0.1) is 25.2 Å². The molecule has 0 spiro atoms. The highest BCUT2D eigenvalue weighted by atomic mass is 16.3. The molecule has 15 heavy (non-hydrogen) atoms. The third-order valence-electron chi connectivity index (χ3n) is 2.65.